The topological polar surface area (TPSA) is 45.2 Å². The minimum atomic E-state index is -1.01. The zero-order valence-electron chi connectivity index (χ0n) is 14.6. The molecule has 1 aromatic heterocycles. The van der Waals surface area contributed by atoms with Crippen LogP contribution in [-0.4, -0.2) is 16.9 Å². The molecule has 2 aromatic carbocycles. The third kappa shape index (κ3) is 3.26. The monoisotopic (exact) mass is 365 g/mol. The number of hydrogen-bond acceptors (Lipinski definition) is 3. The van der Waals surface area contributed by atoms with Gasteiger partial charge in [0.15, 0.2) is 11.6 Å². The number of rotatable bonds is 3. The molecule has 0 radical (unpaired) electrons. The van der Waals surface area contributed by atoms with Gasteiger partial charge in [-0.05, 0) is 49.2 Å². The third-order valence-electron chi connectivity index (χ3n) is 4.64. The lowest BCUT2D eigenvalue weighted by atomic mass is 10.1. The van der Waals surface area contributed by atoms with Crippen molar-refractivity contribution in [2.24, 2.45) is 0 Å². The summed E-state index contributed by atoms with van der Waals surface area (Å²) in [4.78, 5) is 19.1. The fourth-order valence-corrected chi connectivity index (χ4v) is 3.38. The molecule has 2 heterocycles. The first-order chi connectivity index (χ1) is 13.0. The van der Waals surface area contributed by atoms with E-state index in [0.29, 0.717) is 11.4 Å². The predicted octanol–water partition coefficient (Wildman–Crippen LogP) is 4.69. The van der Waals surface area contributed by atoms with Gasteiger partial charge in [-0.2, -0.15) is 0 Å². The fourth-order valence-electron chi connectivity index (χ4n) is 3.38. The molecule has 6 heteroatoms. The van der Waals surface area contributed by atoms with Gasteiger partial charge in [-0.3, -0.25) is 4.79 Å². The van der Waals surface area contributed by atoms with Gasteiger partial charge in [0.1, 0.15) is 5.82 Å². The lowest BCUT2D eigenvalue weighted by Crippen LogP contribution is -2.25. The highest BCUT2D eigenvalue weighted by molar-refractivity contribution is 6.04. The summed E-state index contributed by atoms with van der Waals surface area (Å²) in [5.74, 6) is -1.71. The smallest absolute Gasteiger partial charge is 0.255 e. The van der Waals surface area contributed by atoms with Crippen LogP contribution in [0.15, 0.2) is 60.8 Å². The number of para-hydroxylation sites is 1. The summed E-state index contributed by atoms with van der Waals surface area (Å²) in [6, 6.07) is 14.9. The number of hydrogen-bond donors (Lipinski definition) is 1. The third-order valence-corrected chi connectivity index (χ3v) is 4.64. The first-order valence-corrected chi connectivity index (χ1v) is 8.62. The molecule has 4 rings (SSSR count). The van der Waals surface area contributed by atoms with Crippen molar-refractivity contribution < 1.29 is 13.6 Å². The first-order valence-electron chi connectivity index (χ1n) is 8.62. The fraction of sp³-hybridized carbons (Fsp3) is 0.143. The van der Waals surface area contributed by atoms with E-state index in [9.17, 15) is 13.6 Å². The molecule has 4 nitrogen and oxygen atoms in total. The Labute approximate surface area is 155 Å². The van der Waals surface area contributed by atoms with E-state index in [4.69, 9.17) is 0 Å². The van der Waals surface area contributed by atoms with Crippen molar-refractivity contribution in [1.29, 1.82) is 0 Å². The van der Waals surface area contributed by atoms with Gasteiger partial charge in [-0.15, -0.1) is 0 Å². The van der Waals surface area contributed by atoms with Crippen LogP contribution in [0.1, 0.15) is 22.8 Å². The molecule has 27 heavy (non-hydrogen) atoms. The van der Waals surface area contributed by atoms with Crippen LogP contribution in [0.5, 0.6) is 0 Å². The summed E-state index contributed by atoms with van der Waals surface area (Å²) >= 11 is 0. The summed E-state index contributed by atoms with van der Waals surface area (Å²) in [7, 11) is 0. The van der Waals surface area contributed by atoms with Crippen LogP contribution in [0, 0.1) is 11.6 Å². The number of pyridine rings is 1. The Morgan fingerprint density at radius 3 is 2.74 bits per heavy atom. The molecule has 1 aliphatic rings. The zero-order valence-corrected chi connectivity index (χ0v) is 14.6. The molecular formula is C21H17F2N3O. The van der Waals surface area contributed by atoms with Crippen molar-refractivity contribution in [3.8, 4) is 0 Å². The standard InChI is InChI=1S/C21H17F2N3O/c1-13-10-14-4-2-3-5-19(14)26(13)20-11-15(8-9-24-20)21(27)25-16-6-7-17(22)18(23)12-16/h2-9,11-13H,10H2,1H3,(H,25,27). The van der Waals surface area contributed by atoms with E-state index in [1.54, 1.807) is 18.3 Å². The lowest BCUT2D eigenvalue weighted by Gasteiger charge is -2.24. The molecule has 3 aromatic rings. The Hall–Kier alpha value is -3.28. The Morgan fingerprint density at radius 1 is 1.11 bits per heavy atom. The molecule has 0 saturated carbocycles. The highest BCUT2D eigenvalue weighted by atomic mass is 19.2. The van der Waals surface area contributed by atoms with Gasteiger partial charge >= 0.3 is 0 Å². The minimum absolute atomic E-state index is 0.192. The number of halogens is 2. The van der Waals surface area contributed by atoms with Crippen LogP contribution in [0.4, 0.5) is 26.0 Å². The number of aromatic nitrogens is 1. The van der Waals surface area contributed by atoms with Crippen LogP contribution >= 0.6 is 0 Å². The van der Waals surface area contributed by atoms with Crippen LogP contribution in [0.25, 0.3) is 0 Å². The highest BCUT2D eigenvalue weighted by Gasteiger charge is 2.28. The number of carbonyl (C=O) groups is 1. The van der Waals surface area contributed by atoms with Crippen molar-refractivity contribution in [3.05, 3.63) is 83.6 Å². The van der Waals surface area contributed by atoms with E-state index >= 15 is 0 Å². The molecule has 1 N–H and O–H groups in total. The first kappa shape index (κ1) is 17.1. The van der Waals surface area contributed by atoms with Gasteiger partial charge < -0.3 is 10.2 Å². The van der Waals surface area contributed by atoms with Crippen LogP contribution < -0.4 is 10.2 Å². The van der Waals surface area contributed by atoms with Crippen molar-refractivity contribution in [2.75, 3.05) is 10.2 Å². The maximum Gasteiger partial charge on any atom is 0.255 e. The van der Waals surface area contributed by atoms with Gasteiger partial charge in [0.05, 0.1) is 0 Å². The molecule has 0 aliphatic carbocycles. The summed E-state index contributed by atoms with van der Waals surface area (Å²) in [5.41, 5.74) is 2.90. The Bertz CT molecular complexity index is 1020. The van der Waals surface area contributed by atoms with Crippen LogP contribution in [-0.2, 0) is 6.42 Å². The van der Waals surface area contributed by atoms with E-state index in [1.165, 1.54) is 11.6 Å². The average Bonchev–Trinajstić information content (AvgIpc) is 3.00. The number of fused-ring (bicyclic) bond motifs is 1. The van der Waals surface area contributed by atoms with Crippen LogP contribution in [0.2, 0.25) is 0 Å². The maximum absolute atomic E-state index is 13.3. The Balaban J connectivity index is 1.61. The van der Waals surface area contributed by atoms with Crippen molar-refractivity contribution in [3.63, 3.8) is 0 Å². The van der Waals surface area contributed by atoms with Gasteiger partial charge in [0.25, 0.3) is 5.91 Å². The van der Waals surface area contributed by atoms with Gasteiger partial charge in [-0.25, -0.2) is 13.8 Å². The summed E-state index contributed by atoms with van der Waals surface area (Å²) in [6.07, 6.45) is 2.48. The molecule has 1 aliphatic heterocycles. The molecule has 1 amide bonds. The molecule has 1 unspecified atom stereocenters. The molecule has 0 saturated heterocycles. The van der Waals surface area contributed by atoms with Crippen LogP contribution in [0.3, 0.4) is 0 Å². The zero-order chi connectivity index (χ0) is 19.0. The van der Waals surface area contributed by atoms with Crippen molar-refractivity contribution in [2.45, 2.75) is 19.4 Å². The van der Waals surface area contributed by atoms with E-state index in [1.807, 2.05) is 18.2 Å². The van der Waals surface area contributed by atoms with Gasteiger partial charge in [-0.1, -0.05) is 18.2 Å². The lowest BCUT2D eigenvalue weighted by molar-refractivity contribution is 0.102. The second kappa shape index (κ2) is 6.79. The van der Waals surface area contributed by atoms with Gasteiger partial charge in [0, 0.05) is 35.2 Å². The number of carbonyl (C=O) groups excluding carboxylic acids is 1. The summed E-state index contributed by atoms with van der Waals surface area (Å²) in [6.45, 7) is 2.11. The summed E-state index contributed by atoms with van der Waals surface area (Å²) < 4.78 is 26.4. The van der Waals surface area contributed by atoms with E-state index in [-0.39, 0.29) is 11.7 Å². The number of nitrogens with one attached hydrogen (secondary N) is 1. The Morgan fingerprint density at radius 2 is 1.93 bits per heavy atom. The van der Waals surface area contributed by atoms with E-state index in [2.05, 4.69) is 28.2 Å². The molecule has 0 bridgehead atoms. The van der Waals surface area contributed by atoms with E-state index < -0.39 is 17.5 Å². The SMILES string of the molecule is CC1Cc2ccccc2N1c1cc(C(=O)Nc2ccc(F)c(F)c2)ccn1. The van der Waals surface area contributed by atoms with Crippen molar-refractivity contribution in [1.82, 2.24) is 4.98 Å². The highest BCUT2D eigenvalue weighted by Crippen LogP contribution is 2.37. The molecule has 1 atom stereocenters. The molecule has 0 spiro atoms. The van der Waals surface area contributed by atoms with Crippen molar-refractivity contribution >= 4 is 23.1 Å². The van der Waals surface area contributed by atoms with E-state index in [0.717, 1.165) is 24.2 Å². The quantitative estimate of drug-likeness (QED) is 0.732. The van der Waals surface area contributed by atoms with Gasteiger partial charge in [0.2, 0.25) is 0 Å². The normalized spacial score (nSPS) is 15.5. The summed E-state index contributed by atoms with van der Waals surface area (Å²) in [5, 5.41) is 2.58. The predicted molar refractivity (Wildman–Crippen MR) is 100 cm³/mol. The maximum atomic E-state index is 13.3. The molecular weight excluding hydrogens is 348 g/mol. The largest absolute Gasteiger partial charge is 0.323 e. The average molecular weight is 365 g/mol. The number of amides is 1. The Kier molecular flexibility index (Phi) is 4.32. The minimum Gasteiger partial charge on any atom is -0.323 e. The number of anilines is 3. The number of benzene rings is 2. The molecule has 136 valence electrons. The molecule has 0 fully saturated rings. The second-order valence-corrected chi connectivity index (χ2v) is 6.54. The second-order valence-electron chi connectivity index (χ2n) is 6.54. The number of nitrogens with zero attached hydrogens (tertiary/aromatic N) is 2.